The molecule has 2 heterocycles. The third-order valence-electron chi connectivity index (χ3n) is 4.56. The van der Waals surface area contributed by atoms with Crippen molar-refractivity contribution in [1.29, 1.82) is 0 Å². The summed E-state index contributed by atoms with van der Waals surface area (Å²) in [5, 5.41) is 14.1. The van der Waals surface area contributed by atoms with E-state index in [1.165, 1.54) is 17.0 Å². The maximum absolute atomic E-state index is 10.7. The molecule has 1 aliphatic rings. The van der Waals surface area contributed by atoms with Gasteiger partial charge in [0, 0.05) is 24.2 Å². The van der Waals surface area contributed by atoms with Crippen LogP contribution in [0.3, 0.4) is 0 Å². The Kier molecular flexibility index (Phi) is 4.08. The number of nitrogens with one attached hydrogen (secondary N) is 1. The summed E-state index contributed by atoms with van der Waals surface area (Å²) in [6.07, 6.45) is 6.37. The normalized spacial score (nSPS) is 26.6. The summed E-state index contributed by atoms with van der Waals surface area (Å²) in [6.45, 7) is 7.84. The molecule has 0 saturated heterocycles. The van der Waals surface area contributed by atoms with Crippen molar-refractivity contribution in [3.8, 4) is 0 Å². The number of rotatable bonds is 4. The van der Waals surface area contributed by atoms with E-state index in [2.05, 4.69) is 41.7 Å². The fraction of sp³-hybridized carbons (Fsp3) is 0.688. The van der Waals surface area contributed by atoms with Crippen molar-refractivity contribution < 1.29 is 5.11 Å². The molecule has 1 aliphatic carbocycles. The third-order valence-corrected chi connectivity index (χ3v) is 5.45. The van der Waals surface area contributed by atoms with E-state index < -0.39 is 5.60 Å². The summed E-state index contributed by atoms with van der Waals surface area (Å²) in [5.74, 6) is 0.633. The van der Waals surface area contributed by atoms with Gasteiger partial charge in [0.2, 0.25) is 0 Å². The summed E-state index contributed by atoms with van der Waals surface area (Å²) in [7, 11) is 0. The maximum Gasteiger partial charge on any atom is 0.194 e. The lowest BCUT2D eigenvalue weighted by molar-refractivity contribution is -0.0120. The Labute approximate surface area is 130 Å². The van der Waals surface area contributed by atoms with Crippen molar-refractivity contribution in [1.82, 2.24) is 14.7 Å². The predicted octanol–water partition coefficient (Wildman–Crippen LogP) is 3.04. The lowest BCUT2D eigenvalue weighted by Gasteiger charge is -2.35. The topological polar surface area (TPSA) is 49.6 Å². The molecule has 2 aromatic rings. The molecule has 0 spiro atoms. The Morgan fingerprint density at radius 1 is 1.52 bits per heavy atom. The molecule has 3 rings (SSSR count). The van der Waals surface area contributed by atoms with Gasteiger partial charge in [-0.1, -0.05) is 19.8 Å². The Morgan fingerprint density at radius 2 is 2.33 bits per heavy atom. The van der Waals surface area contributed by atoms with Gasteiger partial charge in [-0.2, -0.15) is 0 Å². The van der Waals surface area contributed by atoms with Gasteiger partial charge >= 0.3 is 0 Å². The van der Waals surface area contributed by atoms with Gasteiger partial charge in [0.25, 0.3) is 0 Å². The number of thiazole rings is 1. The van der Waals surface area contributed by atoms with Gasteiger partial charge in [-0.05, 0) is 32.6 Å². The van der Waals surface area contributed by atoms with Crippen LogP contribution in [0.2, 0.25) is 0 Å². The van der Waals surface area contributed by atoms with E-state index in [9.17, 15) is 5.11 Å². The fourth-order valence-corrected chi connectivity index (χ4v) is 4.42. The van der Waals surface area contributed by atoms with Crippen LogP contribution in [0.15, 0.2) is 6.20 Å². The van der Waals surface area contributed by atoms with Gasteiger partial charge in [-0.3, -0.25) is 4.40 Å². The van der Waals surface area contributed by atoms with Crippen LogP contribution in [0.25, 0.3) is 4.96 Å². The molecule has 1 saturated carbocycles. The molecule has 0 radical (unpaired) electrons. The van der Waals surface area contributed by atoms with Crippen molar-refractivity contribution in [2.45, 2.75) is 58.6 Å². The van der Waals surface area contributed by atoms with Crippen LogP contribution in [0, 0.1) is 19.8 Å². The molecule has 0 aliphatic heterocycles. The fourth-order valence-electron chi connectivity index (χ4n) is 3.53. The molecular formula is C16H25N3OS. The minimum atomic E-state index is -0.528. The van der Waals surface area contributed by atoms with Crippen LogP contribution < -0.4 is 5.32 Å². The van der Waals surface area contributed by atoms with Crippen LogP contribution in [0.5, 0.6) is 0 Å². The molecule has 1 fully saturated rings. The first-order chi connectivity index (χ1) is 9.97. The molecule has 0 amide bonds. The highest BCUT2D eigenvalue weighted by Crippen LogP contribution is 2.31. The van der Waals surface area contributed by atoms with Gasteiger partial charge in [-0.15, -0.1) is 11.3 Å². The van der Waals surface area contributed by atoms with Crippen LogP contribution in [-0.4, -0.2) is 26.6 Å². The monoisotopic (exact) mass is 307 g/mol. The average Bonchev–Trinajstić information content (AvgIpc) is 2.86. The van der Waals surface area contributed by atoms with Crippen molar-refractivity contribution in [3.05, 3.63) is 22.5 Å². The zero-order chi connectivity index (χ0) is 15.0. The number of aromatic nitrogens is 2. The zero-order valence-electron chi connectivity index (χ0n) is 13.1. The molecule has 2 aromatic heterocycles. The minimum Gasteiger partial charge on any atom is -0.389 e. The molecule has 5 heteroatoms. The first-order valence-corrected chi connectivity index (χ1v) is 8.65. The number of nitrogens with zero attached hydrogens (tertiary/aromatic N) is 2. The summed E-state index contributed by atoms with van der Waals surface area (Å²) in [6, 6.07) is 0. The first kappa shape index (κ1) is 15.0. The standard InChI is InChI=1S/C16H25N3OS/c1-11-5-4-6-16(20,7-11)10-17-8-14-13(3)18-15-19(14)9-12(2)21-15/h9,11,17,20H,4-8,10H2,1-3H3. The van der Waals surface area contributed by atoms with E-state index in [-0.39, 0.29) is 0 Å². The van der Waals surface area contributed by atoms with Gasteiger partial charge < -0.3 is 10.4 Å². The SMILES string of the molecule is Cc1cn2c(CNCC3(O)CCCC(C)C3)c(C)nc2s1. The smallest absolute Gasteiger partial charge is 0.194 e. The van der Waals surface area contributed by atoms with Gasteiger partial charge in [-0.25, -0.2) is 4.98 Å². The Hall–Kier alpha value is -0.910. The van der Waals surface area contributed by atoms with Crippen molar-refractivity contribution in [3.63, 3.8) is 0 Å². The third kappa shape index (κ3) is 3.15. The molecule has 4 nitrogen and oxygen atoms in total. The second kappa shape index (κ2) is 5.71. The Balaban J connectivity index is 1.65. The lowest BCUT2D eigenvalue weighted by atomic mass is 9.79. The molecule has 116 valence electrons. The second-order valence-corrected chi connectivity index (χ2v) is 7.88. The Morgan fingerprint density at radius 3 is 3.10 bits per heavy atom. The number of fused-ring (bicyclic) bond motifs is 1. The molecule has 2 unspecified atom stereocenters. The number of imidazole rings is 1. The Bertz CT molecular complexity index is 633. The number of aliphatic hydroxyl groups is 1. The quantitative estimate of drug-likeness (QED) is 0.913. The van der Waals surface area contributed by atoms with E-state index in [0.29, 0.717) is 12.5 Å². The highest BCUT2D eigenvalue weighted by Gasteiger charge is 2.32. The molecule has 0 aromatic carbocycles. The predicted molar refractivity (Wildman–Crippen MR) is 86.8 cm³/mol. The van der Waals surface area contributed by atoms with Crippen molar-refractivity contribution >= 4 is 16.3 Å². The van der Waals surface area contributed by atoms with Gasteiger partial charge in [0.05, 0.1) is 17.0 Å². The van der Waals surface area contributed by atoms with Gasteiger partial charge in [0.15, 0.2) is 4.96 Å². The first-order valence-electron chi connectivity index (χ1n) is 7.84. The van der Waals surface area contributed by atoms with E-state index in [1.807, 2.05) is 0 Å². The van der Waals surface area contributed by atoms with Crippen molar-refractivity contribution in [2.24, 2.45) is 5.92 Å². The van der Waals surface area contributed by atoms with E-state index in [1.54, 1.807) is 11.3 Å². The number of hydrogen-bond donors (Lipinski definition) is 2. The van der Waals surface area contributed by atoms with Crippen LogP contribution >= 0.6 is 11.3 Å². The molecule has 21 heavy (non-hydrogen) atoms. The number of aryl methyl sites for hydroxylation is 2. The average molecular weight is 307 g/mol. The minimum absolute atomic E-state index is 0.528. The maximum atomic E-state index is 10.7. The van der Waals surface area contributed by atoms with Crippen LogP contribution in [0.1, 0.15) is 48.9 Å². The molecular weight excluding hydrogens is 282 g/mol. The molecule has 2 atom stereocenters. The van der Waals surface area contributed by atoms with Gasteiger partial charge in [0.1, 0.15) is 0 Å². The van der Waals surface area contributed by atoms with Crippen LogP contribution in [0.4, 0.5) is 0 Å². The summed E-state index contributed by atoms with van der Waals surface area (Å²) in [4.78, 5) is 6.95. The van der Waals surface area contributed by atoms with E-state index >= 15 is 0 Å². The largest absolute Gasteiger partial charge is 0.389 e. The molecule has 0 bridgehead atoms. The van der Waals surface area contributed by atoms with E-state index in [4.69, 9.17) is 0 Å². The van der Waals surface area contributed by atoms with E-state index in [0.717, 1.165) is 36.5 Å². The zero-order valence-corrected chi connectivity index (χ0v) is 14.0. The summed E-state index contributed by atoms with van der Waals surface area (Å²) >= 11 is 1.72. The second-order valence-electron chi connectivity index (χ2n) is 6.67. The number of hydrogen-bond acceptors (Lipinski definition) is 4. The summed E-state index contributed by atoms with van der Waals surface area (Å²) < 4.78 is 2.18. The highest BCUT2D eigenvalue weighted by atomic mass is 32.1. The van der Waals surface area contributed by atoms with Crippen molar-refractivity contribution in [2.75, 3.05) is 6.54 Å². The van der Waals surface area contributed by atoms with Crippen LogP contribution in [-0.2, 0) is 6.54 Å². The summed E-state index contributed by atoms with van der Waals surface area (Å²) in [5.41, 5.74) is 1.76. The molecule has 2 N–H and O–H groups in total. The lowest BCUT2D eigenvalue weighted by Crippen LogP contribution is -2.43. The highest BCUT2D eigenvalue weighted by molar-refractivity contribution is 7.17.